The molecule has 0 radical (unpaired) electrons. The van der Waals surface area contributed by atoms with Crippen molar-refractivity contribution < 1.29 is 14.0 Å². The summed E-state index contributed by atoms with van der Waals surface area (Å²) in [6.45, 7) is 7.33. The van der Waals surface area contributed by atoms with Crippen molar-refractivity contribution in [1.82, 2.24) is 15.1 Å². The number of benzene rings is 1. The molecule has 1 aromatic carbocycles. The molecule has 0 aliphatic carbocycles. The molecule has 6 heteroatoms. The highest BCUT2D eigenvalue weighted by atomic mass is 19.1. The molecule has 0 spiro atoms. The van der Waals surface area contributed by atoms with Gasteiger partial charge in [0.05, 0.1) is 0 Å². The quantitative estimate of drug-likeness (QED) is 0.824. The van der Waals surface area contributed by atoms with Gasteiger partial charge in [-0.25, -0.2) is 9.18 Å². The largest absolute Gasteiger partial charge is 0.336 e. The number of hydrogen-bond donors (Lipinski definition) is 1. The first-order chi connectivity index (χ1) is 13.7. The predicted molar refractivity (Wildman–Crippen MR) is 110 cm³/mol. The van der Waals surface area contributed by atoms with Gasteiger partial charge in [0, 0.05) is 37.1 Å². The average Bonchev–Trinajstić information content (AvgIpc) is 2.64. The number of carbonyl (C=O) groups excluding carboxylic acids is 2. The van der Waals surface area contributed by atoms with E-state index in [0.717, 1.165) is 24.8 Å². The molecule has 3 fully saturated rings. The molecule has 0 aromatic heterocycles. The molecule has 4 atom stereocenters. The molecule has 2 bridgehead atoms. The van der Waals surface area contributed by atoms with Gasteiger partial charge in [-0.05, 0) is 76.0 Å². The lowest BCUT2D eigenvalue weighted by Gasteiger charge is -2.56. The number of nitrogens with one attached hydrogen (secondary N) is 1. The van der Waals surface area contributed by atoms with Crippen LogP contribution in [0.2, 0.25) is 0 Å². The maximum Gasteiger partial charge on any atom is 0.317 e. The van der Waals surface area contributed by atoms with E-state index in [9.17, 15) is 14.0 Å². The number of nitrogens with zero attached hydrogens (tertiary/aromatic N) is 2. The van der Waals surface area contributed by atoms with Gasteiger partial charge in [-0.3, -0.25) is 4.79 Å². The van der Waals surface area contributed by atoms with Crippen molar-refractivity contribution in [3.05, 3.63) is 35.6 Å². The Labute approximate surface area is 172 Å². The van der Waals surface area contributed by atoms with E-state index in [1.165, 1.54) is 6.07 Å². The molecule has 5 nitrogen and oxygen atoms in total. The lowest BCUT2D eigenvalue weighted by molar-refractivity contribution is -0.151. The average molecular weight is 402 g/mol. The van der Waals surface area contributed by atoms with E-state index < -0.39 is 0 Å². The standard InChI is InChI=1S/C23H32FN3O2/c1-23(2,3)25-22(29)26-13-16-12-17(14-26)20(11-15-6-4-7-18(24)10-15)27-19(16)8-5-9-21(27)28/h4,6-7,10,16-17,19-20H,5,8-9,11-14H2,1-3H3,(H,25,29)/t16-,17+,19+,20+/m1/s1. The Morgan fingerprint density at radius 3 is 2.72 bits per heavy atom. The van der Waals surface area contributed by atoms with Crippen molar-refractivity contribution in [2.75, 3.05) is 13.1 Å². The fourth-order valence-corrected chi connectivity index (χ4v) is 5.51. The summed E-state index contributed by atoms with van der Waals surface area (Å²) in [5.41, 5.74) is 0.638. The zero-order valence-electron chi connectivity index (χ0n) is 17.7. The van der Waals surface area contributed by atoms with Crippen LogP contribution < -0.4 is 5.32 Å². The van der Waals surface area contributed by atoms with E-state index in [0.29, 0.717) is 31.8 Å². The van der Waals surface area contributed by atoms with Crippen LogP contribution in [-0.2, 0) is 11.2 Å². The minimum Gasteiger partial charge on any atom is -0.336 e. The first-order valence-corrected chi connectivity index (χ1v) is 10.8. The van der Waals surface area contributed by atoms with Crippen molar-refractivity contribution in [2.24, 2.45) is 11.8 Å². The van der Waals surface area contributed by atoms with Crippen molar-refractivity contribution in [1.29, 1.82) is 0 Å². The van der Waals surface area contributed by atoms with Gasteiger partial charge in [-0.2, -0.15) is 0 Å². The Balaban J connectivity index is 1.60. The fourth-order valence-electron chi connectivity index (χ4n) is 5.51. The van der Waals surface area contributed by atoms with Gasteiger partial charge in [0.1, 0.15) is 5.82 Å². The summed E-state index contributed by atoms with van der Waals surface area (Å²) in [7, 11) is 0. The van der Waals surface area contributed by atoms with Crippen LogP contribution in [0.3, 0.4) is 0 Å². The Kier molecular flexibility index (Phi) is 5.30. The molecule has 3 aliphatic rings. The number of piperidine rings is 3. The SMILES string of the molecule is CC(C)(C)NC(=O)N1C[C@H]2C[C@@H](C1)[C@H](Cc1cccc(F)c1)N1C(=O)CCC[C@@H]21. The van der Waals surface area contributed by atoms with Gasteiger partial charge < -0.3 is 15.1 Å². The molecule has 4 rings (SSSR count). The van der Waals surface area contributed by atoms with Gasteiger partial charge in [-0.15, -0.1) is 0 Å². The summed E-state index contributed by atoms with van der Waals surface area (Å²) in [5, 5.41) is 3.09. The number of halogens is 1. The van der Waals surface area contributed by atoms with Crippen molar-refractivity contribution in [3.63, 3.8) is 0 Å². The molecule has 3 aliphatic heterocycles. The summed E-state index contributed by atoms with van der Waals surface area (Å²) in [6.07, 6.45) is 4.20. The maximum absolute atomic E-state index is 13.8. The van der Waals surface area contributed by atoms with Gasteiger partial charge >= 0.3 is 6.03 Å². The summed E-state index contributed by atoms with van der Waals surface area (Å²) in [6, 6.07) is 6.89. The minimum atomic E-state index is -0.280. The predicted octanol–water partition coefficient (Wildman–Crippen LogP) is 3.58. The van der Waals surface area contributed by atoms with Crippen LogP contribution in [0.25, 0.3) is 0 Å². The molecule has 3 amide bonds. The number of rotatable bonds is 2. The topological polar surface area (TPSA) is 52.7 Å². The fraction of sp³-hybridized carbons (Fsp3) is 0.652. The molecule has 158 valence electrons. The van der Waals surface area contributed by atoms with Crippen LogP contribution in [0.15, 0.2) is 24.3 Å². The van der Waals surface area contributed by atoms with Crippen LogP contribution in [0.1, 0.15) is 52.0 Å². The van der Waals surface area contributed by atoms with Crippen molar-refractivity contribution in [3.8, 4) is 0 Å². The zero-order chi connectivity index (χ0) is 20.8. The first-order valence-electron chi connectivity index (χ1n) is 10.8. The lowest BCUT2D eigenvalue weighted by atomic mass is 9.71. The number of carbonyl (C=O) groups is 2. The summed E-state index contributed by atoms with van der Waals surface area (Å²) in [4.78, 5) is 29.8. The maximum atomic E-state index is 13.8. The van der Waals surface area contributed by atoms with Gasteiger partial charge in [0.2, 0.25) is 5.91 Å². The zero-order valence-corrected chi connectivity index (χ0v) is 17.7. The second kappa shape index (κ2) is 7.62. The molecule has 29 heavy (non-hydrogen) atoms. The Morgan fingerprint density at radius 2 is 2.00 bits per heavy atom. The molecule has 0 unspecified atom stereocenters. The van der Waals surface area contributed by atoms with Crippen LogP contribution in [0.5, 0.6) is 0 Å². The van der Waals surface area contributed by atoms with E-state index in [-0.39, 0.29) is 41.3 Å². The highest BCUT2D eigenvalue weighted by Crippen LogP contribution is 2.42. The van der Waals surface area contributed by atoms with E-state index in [2.05, 4.69) is 10.2 Å². The van der Waals surface area contributed by atoms with Crippen LogP contribution in [0.4, 0.5) is 9.18 Å². The molecule has 0 saturated carbocycles. The third-order valence-electron chi connectivity index (χ3n) is 6.60. The summed E-state index contributed by atoms with van der Waals surface area (Å²) in [5.74, 6) is 0.533. The van der Waals surface area contributed by atoms with Crippen molar-refractivity contribution in [2.45, 2.75) is 70.5 Å². The number of hydrogen-bond acceptors (Lipinski definition) is 2. The van der Waals surface area contributed by atoms with Crippen LogP contribution >= 0.6 is 0 Å². The highest BCUT2D eigenvalue weighted by Gasteiger charge is 2.50. The minimum absolute atomic E-state index is 0.0210. The molecule has 3 heterocycles. The van der Waals surface area contributed by atoms with Gasteiger partial charge in [0.15, 0.2) is 0 Å². The summed E-state index contributed by atoms with van der Waals surface area (Å²) < 4.78 is 13.8. The van der Waals surface area contributed by atoms with E-state index in [1.54, 1.807) is 12.1 Å². The van der Waals surface area contributed by atoms with E-state index in [4.69, 9.17) is 0 Å². The summed E-state index contributed by atoms with van der Waals surface area (Å²) >= 11 is 0. The third-order valence-corrected chi connectivity index (χ3v) is 6.60. The number of fused-ring (bicyclic) bond motifs is 4. The monoisotopic (exact) mass is 401 g/mol. The van der Waals surface area contributed by atoms with Crippen LogP contribution in [0, 0.1) is 17.7 Å². The van der Waals surface area contributed by atoms with E-state index in [1.807, 2.05) is 31.7 Å². The van der Waals surface area contributed by atoms with E-state index >= 15 is 0 Å². The molecule has 3 saturated heterocycles. The van der Waals surface area contributed by atoms with Gasteiger partial charge in [-0.1, -0.05) is 12.1 Å². The number of likely N-dealkylation sites (tertiary alicyclic amines) is 1. The number of urea groups is 1. The normalized spacial score (nSPS) is 29.4. The second-order valence-corrected chi connectivity index (χ2v) is 10.0. The van der Waals surface area contributed by atoms with Gasteiger partial charge in [0.25, 0.3) is 0 Å². The molecular formula is C23H32FN3O2. The third kappa shape index (κ3) is 4.26. The van der Waals surface area contributed by atoms with Crippen molar-refractivity contribution >= 4 is 11.9 Å². The number of amides is 3. The first kappa shape index (κ1) is 20.2. The van der Waals surface area contributed by atoms with Crippen LogP contribution in [-0.4, -0.2) is 52.5 Å². The Hall–Kier alpha value is -2.11. The molecule has 1 N–H and O–H groups in total. The molecular weight excluding hydrogens is 369 g/mol. The Morgan fingerprint density at radius 1 is 1.24 bits per heavy atom. The Bertz CT molecular complexity index is 791. The smallest absolute Gasteiger partial charge is 0.317 e. The lowest BCUT2D eigenvalue weighted by Crippen LogP contribution is -2.67. The second-order valence-electron chi connectivity index (χ2n) is 10.0. The highest BCUT2D eigenvalue weighted by molar-refractivity contribution is 5.78. The molecule has 1 aromatic rings.